The molecule has 0 saturated heterocycles. The van der Waals surface area contributed by atoms with Crippen LogP contribution < -0.4 is 20.9 Å². The smallest absolute Gasteiger partial charge is 0.328 e. The molecule has 1 aromatic carbocycles. The standard InChI is InChI=1S/C24H35N5O3S/c1-29(2)21-15-22(27-19-8-6-5-7-18(19)21)25-16-9-11-17(12-10-16)26-24(31)28-20(13-14-33-4)23(30)32-3/h5-8,15-17,20H,9-14H2,1-4H3,(H,25,27)(H2,26,28,31)/t16-,17+,20?. The van der Waals surface area contributed by atoms with Crippen molar-refractivity contribution in [3.05, 3.63) is 30.3 Å². The van der Waals surface area contributed by atoms with Gasteiger partial charge in [-0.1, -0.05) is 18.2 Å². The highest BCUT2D eigenvalue weighted by Crippen LogP contribution is 2.29. The molecule has 1 unspecified atom stereocenters. The number of pyridine rings is 1. The van der Waals surface area contributed by atoms with E-state index in [0.29, 0.717) is 12.5 Å². The number of thioether (sulfide) groups is 1. The average molecular weight is 474 g/mol. The summed E-state index contributed by atoms with van der Waals surface area (Å²) in [6.07, 6.45) is 6.12. The van der Waals surface area contributed by atoms with Gasteiger partial charge in [0.15, 0.2) is 0 Å². The number of para-hydroxylation sites is 1. The quantitative estimate of drug-likeness (QED) is 0.479. The van der Waals surface area contributed by atoms with Crippen molar-refractivity contribution in [3.63, 3.8) is 0 Å². The normalized spacial score (nSPS) is 18.9. The summed E-state index contributed by atoms with van der Waals surface area (Å²) in [5.41, 5.74) is 2.11. The Morgan fingerprint density at radius 2 is 1.88 bits per heavy atom. The minimum absolute atomic E-state index is 0.0868. The van der Waals surface area contributed by atoms with Gasteiger partial charge in [0.25, 0.3) is 0 Å². The summed E-state index contributed by atoms with van der Waals surface area (Å²) in [7, 11) is 5.42. The van der Waals surface area contributed by atoms with Crippen molar-refractivity contribution in [2.45, 2.75) is 50.2 Å². The third-order valence-electron chi connectivity index (χ3n) is 5.99. The predicted octanol–water partition coefficient (Wildman–Crippen LogP) is 3.62. The first-order valence-corrected chi connectivity index (χ1v) is 12.8. The van der Waals surface area contributed by atoms with E-state index in [4.69, 9.17) is 9.72 Å². The van der Waals surface area contributed by atoms with Crippen molar-refractivity contribution >= 4 is 46.2 Å². The van der Waals surface area contributed by atoms with Gasteiger partial charge in [0.2, 0.25) is 0 Å². The van der Waals surface area contributed by atoms with Crippen LogP contribution in [0.4, 0.5) is 16.3 Å². The van der Waals surface area contributed by atoms with E-state index in [0.717, 1.165) is 53.8 Å². The summed E-state index contributed by atoms with van der Waals surface area (Å²) in [5.74, 6) is 1.24. The minimum Gasteiger partial charge on any atom is -0.467 e. The Balaban J connectivity index is 1.53. The Labute approximate surface area is 200 Å². The number of anilines is 2. The zero-order valence-electron chi connectivity index (χ0n) is 19.9. The molecule has 0 radical (unpaired) electrons. The highest BCUT2D eigenvalue weighted by atomic mass is 32.2. The Bertz CT molecular complexity index is 947. The number of hydrogen-bond donors (Lipinski definition) is 3. The Kier molecular flexibility index (Phi) is 9.05. The van der Waals surface area contributed by atoms with Crippen molar-refractivity contribution in [1.29, 1.82) is 0 Å². The highest BCUT2D eigenvalue weighted by Gasteiger charge is 2.25. The van der Waals surface area contributed by atoms with Crippen molar-refractivity contribution < 1.29 is 14.3 Å². The molecule has 2 amide bonds. The van der Waals surface area contributed by atoms with Crippen LogP contribution >= 0.6 is 11.8 Å². The lowest BCUT2D eigenvalue weighted by atomic mass is 9.91. The number of ether oxygens (including phenoxy) is 1. The maximum atomic E-state index is 12.4. The number of nitrogens with zero attached hydrogens (tertiary/aromatic N) is 2. The summed E-state index contributed by atoms with van der Waals surface area (Å²) in [6.45, 7) is 0. The molecule has 0 spiro atoms. The molecule has 2 aromatic rings. The second-order valence-electron chi connectivity index (χ2n) is 8.61. The number of rotatable bonds is 9. The molecule has 3 rings (SSSR count). The molecule has 180 valence electrons. The summed E-state index contributed by atoms with van der Waals surface area (Å²) in [6, 6.07) is 9.73. The molecule has 1 aliphatic carbocycles. The van der Waals surface area contributed by atoms with Crippen molar-refractivity contribution in [2.75, 3.05) is 43.4 Å². The fourth-order valence-corrected chi connectivity index (χ4v) is 4.68. The van der Waals surface area contributed by atoms with Crippen LogP contribution in [-0.4, -0.2) is 68.3 Å². The van der Waals surface area contributed by atoms with E-state index < -0.39 is 12.0 Å². The van der Waals surface area contributed by atoms with Crippen LogP contribution in [0.1, 0.15) is 32.1 Å². The molecule has 1 heterocycles. The number of benzene rings is 1. The molecule has 9 heteroatoms. The van der Waals surface area contributed by atoms with Crippen LogP contribution in [0.25, 0.3) is 10.9 Å². The van der Waals surface area contributed by atoms with E-state index in [2.05, 4.69) is 33.0 Å². The third-order valence-corrected chi connectivity index (χ3v) is 6.64. The van der Waals surface area contributed by atoms with E-state index in [1.807, 2.05) is 38.6 Å². The van der Waals surface area contributed by atoms with Gasteiger partial charge in [0, 0.05) is 43.3 Å². The summed E-state index contributed by atoms with van der Waals surface area (Å²) in [4.78, 5) is 31.3. The van der Waals surface area contributed by atoms with E-state index in [1.165, 1.54) is 7.11 Å². The largest absolute Gasteiger partial charge is 0.467 e. The predicted molar refractivity (Wildman–Crippen MR) is 136 cm³/mol. The lowest BCUT2D eigenvalue weighted by Crippen LogP contribution is -2.50. The van der Waals surface area contributed by atoms with E-state index in [9.17, 15) is 9.59 Å². The number of urea groups is 1. The van der Waals surface area contributed by atoms with Crippen LogP contribution in [0.3, 0.4) is 0 Å². The molecule has 0 aliphatic heterocycles. The molecular weight excluding hydrogens is 438 g/mol. The molecular formula is C24H35N5O3S. The number of hydrogen-bond acceptors (Lipinski definition) is 7. The number of carbonyl (C=O) groups excluding carboxylic acids is 2. The van der Waals surface area contributed by atoms with Crippen LogP contribution in [-0.2, 0) is 9.53 Å². The van der Waals surface area contributed by atoms with Gasteiger partial charge in [-0.15, -0.1) is 0 Å². The van der Waals surface area contributed by atoms with Gasteiger partial charge in [-0.2, -0.15) is 11.8 Å². The monoisotopic (exact) mass is 473 g/mol. The molecule has 1 aromatic heterocycles. The maximum Gasteiger partial charge on any atom is 0.328 e. The molecule has 33 heavy (non-hydrogen) atoms. The SMILES string of the molecule is COC(=O)C(CCSC)NC(=O)N[C@H]1CC[C@@H](Nc2cc(N(C)C)c3ccccc3n2)CC1. The molecule has 1 aliphatic rings. The summed E-state index contributed by atoms with van der Waals surface area (Å²) in [5, 5.41) is 10.5. The van der Waals surface area contributed by atoms with Crippen molar-refractivity contribution in [1.82, 2.24) is 15.6 Å². The van der Waals surface area contributed by atoms with Crippen LogP contribution in [0, 0.1) is 0 Å². The lowest BCUT2D eigenvalue weighted by molar-refractivity contribution is -0.142. The van der Waals surface area contributed by atoms with Gasteiger partial charge < -0.3 is 25.6 Å². The fourth-order valence-electron chi connectivity index (χ4n) is 4.20. The van der Waals surface area contributed by atoms with E-state index in [1.54, 1.807) is 11.8 Å². The maximum absolute atomic E-state index is 12.4. The Morgan fingerprint density at radius 3 is 2.55 bits per heavy atom. The minimum atomic E-state index is -0.620. The average Bonchev–Trinajstić information content (AvgIpc) is 2.81. The number of aromatic nitrogens is 1. The molecule has 0 bridgehead atoms. The second kappa shape index (κ2) is 12.0. The number of fused-ring (bicyclic) bond motifs is 1. The van der Waals surface area contributed by atoms with Gasteiger partial charge in [0.1, 0.15) is 11.9 Å². The molecule has 3 N–H and O–H groups in total. The van der Waals surface area contributed by atoms with Crippen LogP contribution in [0.5, 0.6) is 0 Å². The highest BCUT2D eigenvalue weighted by molar-refractivity contribution is 7.98. The first-order valence-electron chi connectivity index (χ1n) is 11.4. The van der Waals surface area contributed by atoms with Gasteiger partial charge in [-0.25, -0.2) is 14.6 Å². The molecule has 1 saturated carbocycles. The second-order valence-corrected chi connectivity index (χ2v) is 9.59. The van der Waals surface area contributed by atoms with Crippen LogP contribution in [0.15, 0.2) is 30.3 Å². The molecule has 1 atom stereocenters. The number of methoxy groups -OCH3 is 1. The van der Waals surface area contributed by atoms with Crippen molar-refractivity contribution in [2.24, 2.45) is 0 Å². The number of carbonyl (C=O) groups is 2. The lowest BCUT2D eigenvalue weighted by Gasteiger charge is -2.30. The fraction of sp³-hybridized carbons (Fsp3) is 0.542. The van der Waals surface area contributed by atoms with Crippen LogP contribution in [0.2, 0.25) is 0 Å². The zero-order chi connectivity index (χ0) is 23.8. The van der Waals surface area contributed by atoms with E-state index in [-0.39, 0.29) is 12.1 Å². The number of amides is 2. The Morgan fingerprint density at radius 1 is 1.18 bits per heavy atom. The van der Waals surface area contributed by atoms with Gasteiger partial charge in [-0.3, -0.25) is 0 Å². The number of nitrogens with one attached hydrogen (secondary N) is 3. The Hall–Kier alpha value is -2.68. The van der Waals surface area contributed by atoms with Gasteiger partial charge in [-0.05, 0) is 50.2 Å². The van der Waals surface area contributed by atoms with Gasteiger partial charge >= 0.3 is 12.0 Å². The first-order chi connectivity index (χ1) is 15.9. The third kappa shape index (κ3) is 6.90. The van der Waals surface area contributed by atoms with E-state index >= 15 is 0 Å². The summed E-state index contributed by atoms with van der Waals surface area (Å²) < 4.78 is 4.81. The molecule has 8 nitrogen and oxygen atoms in total. The zero-order valence-corrected chi connectivity index (χ0v) is 20.7. The van der Waals surface area contributed by atoms with Crippen molar-refractivity contribution in [3.8, 4) is 0 Å². The first kappa shape index (κ1) is 25.0. The summed E-state index contributed by atoms with van der Waals surface area (Å²) >= 11 is 1.63. The molecule has 1 fully saturated rings. The van der Waals surface area contributed by atoms with Gasteiger partial charge in [0.05, 0.1) is 12.6 Å². The topological polar surface area (TPSA) is 95.6 Å². The number of esters is 1.